The van der Waals surface area contributed by atoms with E-state index in [1.165, 1.54) is 22.3 Å². The zero-order chi connectivity index (χ0) is 33.0. The van der Waals surface area contributed by atoms with Crippen molar-refractivity contribution in [3.8, 4) is 55.6 Å². The van der Waals surface area contributed by atoms with Gasteiger partial charge in [0.05, 0.1) is 0 Å². The first-order chi connectivity index (χ1) is 24.8. The third kappa shape index (κ3) is 4.43. The molecule has 2 heterocycles. The van der Waals surface area contributed by atoms with Crippen molar-refractivity contribution in [1.82, 2.24) is 0 Å². The normalized spacial score (nSPS) is 11.6. The summed E-state index contributed by atoms with van der Waals surface area (Å²) in [5, 5.41) is 4.52. The number of hydrogen-bond donors (Lipinski definition) is 0. The van der Waals surface area contributed by atoms with Crippen LogP contribution in [0.25, 0.3) is 99.5 Å². The molecule has 2 nitrogen and oxygen atoms in total. The highest BCUT2D eigenvalue weighted by Gasteiger charge is 2.20. The topological polar surface area (TPSA) is 26.3 Å². The molecule has 0 bridgehead atoms. The molecule has 0 aliphatic heterocycles. The molecule has 10 rings (SSSR count). The van der Waals surface area contributed by atoms with Crippen LogP contribution in [0.3, 0.4) is 0 Å². The summed E-state index contributed by atoms with van der Waals surface area (Å²) in [4.78, 5) is 0. The van der Waals surface area contributed by atoms with Gasteiger partial charge in [0.15, 0.2) is 0 Å². The van der Waals surface area contributed by atoms with Gasteiger partial charge in [-0.15, -0.1) is 0 Å². The van der Waals surface area contributed by atoms with E-state index in [1.54, 1.807) is 0 Å². The number of hydrogen-bond acceptors (Lipinski definition) is 2. The fourth-order valence-electron chi connectivity index (χ4n) is 7.73. The number of fused-ring (bicyclic) bond motifs is 6. The summed E-state index contributed by atoms with van der Waals surface area (Å²) in [6, 6.07) is 64.4. The average molecular weight is 639 g/mol. The Hall–Kier alpha value is -6.64. The first-order valence-electron chi connectivity index (χ1n) is 17.0. The number of benzene rings is 8. The van der Waals surface area contributed by atoms with Crippen LogP contribution in [0.2, 0.25) is 0 Å². The largest absolute Gasteiger partial charge is 0.455 e. The quantitative estimate of drug-likeness (QED) is 0.187. The smallest absolute Gasteiger partial charge is 0.143 e. The van der Waals surface area contributed by atoms with Crippen molar-refractivity contribution in [2.45, 2.75) is 0 Å². The Morgan fingerprint density at radius 2 is 0.440 bits per heavy atom. The van der Waals surface area contributed by atoms with Gasteiger partial charge in [0, 0.05) is 32.7 Å². The van der Waals surface area contributed by atoms with Gasteiger partial charge in [-0.05, 0) is 56.6 Å². The molecule has 8 aromatic carbocycles. The molecule has 0 aliphatic carbocycles. The van der Waals surface area contributed by atoms with Crippen molar-refractivity contribution >= 4 is 43.9 Å². The molecule has 0 N–H and O–H groups in total. The molecule has 234 valence electrons. The van der Waals surface area contributed by atoms with Crippen LogP contribution < -0.4 is 0 Å². The van der Waals surface area contributed by atoms with E-state index in [-0.39, 0.29) is 0 Å². The highest BCUT2D eigenvalue weighted by molar-refractivity contribution is 6.12. The second-order valence-electron chi connectivity index (χ2n) is 12.7. The molecule has 0 aliphatic rings. The molecular formula is C48H30O2. The minimum absolute atomic E-state index is 0.902. The molecule has 2 heteroatoms. The molecule has 0 amide bonds. The maximum atomic E-state index is 6.52. The summed E-state index contributed by atoms with van der Waals surface area (Å²) in [5.41, 5.74) is 15.1. The summed E-state index contributed by atoms with van der Waals surface area (Å²) in [6.07, 6.45) is 0. The summed E-state index contributed by atoms with van der Waals surface area (Å²) in [5.74, 6) is 0. The van der Waals surface area contributed by atoms with Crippen LogP contribution in [0.4, 0.5) is 0 Å². The molecule has 50 heavy (non-hydrogen) atoms. The molecule has 0 fully saturated rings. The fraction of sp³-hybridized carbons (Fsp3) is 0. The van der Waals surface area contributed by atoms with E-state index in [0.29, 0.717) is 0 Å². The van der Waals surface area contributed by atoms with Crippen molar-refractivity contribution in [3.63, 3.8) is 0 Å². The van der Waals surface area contributed by atoms with Crippen molar-refractivity contribution in [1.29, 1.82) is 0 Å². The summed E-state index contributed by atoms with van der Waals surface area (Å²) in [6.45, 7) is 0. The van der Waals surface area contributed by atoms with E-state index in [1.807, 2.05) is 24.3 Å². The lowest BCUT2D eigenvalue weighted by Gasteiger charge is -2.19. The van der Waals surface area contributed by atoms with Gasteiger partial charge < -0.3 is 8.83 Å². The van der Waals surface area contributed by atoms with E-state index in [0.717, 1.165) is 77.3 Å². The van der Waals surface area contributed by atoms with E-state index >= 15 is 0 Å². The molecule has 0 saturated heterocycles. The van der Waals surface area contributed by atoms with Gasteiger partial charge in [0.1, 0.15) is 22.3 Å². The average Bonchev–Trinajstić information content (AvgIpc) is 3.77. The van der Waals surface area contributed by atoms with Crippen LogP contribution in [0.15, 0.2) is 191 Å². The van der Waals surface area contributed by atoms with Gasteiger partial charge in [-0.1, -0.05) is 170 Å². The molecular weight excluding hydrogens is 609 g/mol. The fourth-order valence-corrected chi connectivity index (χ4v) is 7.73. The summed E-state index contributed by atoms with van der Waals surface area (Å²) in [7, 11) is 0. The van der Waals surface area contributed by atoms with Gasteiger partial charge >= 0.3 is 0 Å². The van der Waals surface area contributed by atoms with Crippen LogP contribution in [-0.4, -0.2) is 0 Å². The standard InChI is InChI=1S/C48H30O2/c1-3-17-33(35-19-5-7-21-37(35)41-25-13-27-43-39-23-9-11-29-45(39)49-47(41)43)31(15-1)32-16-2-4-18-34(32)36-20-6-8-22-38(36)42-26-14-28-44-40-24-10-12-30-46(40)50-48(42)44/h1-30H. The highest BCUT2D eigenvalue weighted by atomic mass is 16.3. The Balaban J connectivity index is 1.17. The second-order valence-corrected chi connectivity index (χ2v) is 12.7. The highest BCUT2D eigenvalue weighted by Crippen LogP contribution is 2.46. The predicted octanol–water partition coefficient (Wildman–Crippen LogP) is 13.8. The Labute approximate surface area is 289 Å². The predicted molar refractivity (Wildman–Crippen MR) is 208 cm³/mol. The van der Waals surface area contributed by atoms with Crippen LogP contribution in [-0.2, 0) is 0 Å². The molecule has 0 saturated carbocycles. The number of para-hydroxylation sites is 4. The molecule has 0 unspecified atom stereocenters. The van der Waals surface area contributed by atoms with Crippen LogP contribution in [0.5, 0.6) is 0 Å². The first-order valence-corrected chi connectivity index (χ1v) is 17.0. The van der Waals surface area contributed by atoms with E-state index in [4.69, 9.17) is 8.83 Å². The lowest BCUT2D eigenvalue weighted by Crippen LogP contribution is -1.93. The third-order valence-corrected chi connectivity index (χ3v) is 9.97. The summed E-state index contributed by atoms with van der Waals surface area (Å²) >= 11 is 0. The molecule has 0 spiro atoms. The van der Waals surface area contributed by atoms with Gasteiger partial charge in [-0.25, -0.2) is 0 Å². The Morgan fingerprint density at radius 1 is 0.200 bits per heavy atom. The lowest BCUT2D eigenvalue weighted by molar-refractivity contribution is 0.669. The second kappa shape index (κ2) is 11.5. The monoisotopic (exact) mass is 638 g/mol. The maximum absolute atomic E-state index is 6.52. The molecule has 2 aromatic heterocycles. The minimum atomic E-state index is 0.902. The van der Waals surface area contributed by atoms with Crippen molar-refractivity contribution < 1.29 is 8.83 Å². The Bertz CT molecular complexity index is 2690. The first kappa shape index (κ1) is 28.4. The Kier molecular flexibility index (Phi) is 6.53. The van der Waals surface area contributed by atoms with Gasteiger partial charge in [-0.2, -0.15) is 0 Å². The van der Waals surface area contributed by atoms with E-state index < -0.39 is 0 Å². The molecule has 0 radical (unpaired) electrons. The SMILES string of the molecule is c1ccc(-c2ccccc2-c2cccc3c2oc2ccccc23)c(-c2ccccc2-c2ccccc2-c2cccc3c2oc2ccccc23)c1. The van der Waals surface area contributed by atoms with Crippen molar-refractivity contribution in [2.75, 3.05) is 0 Å². The maximum Gasteiger partial charge on any atom is 0.143 e. The summed E-state index contributed by atoms with van der Waals surface area (Å²) < 4.78 is 13.0. The van der Waals surface area contributed by atoms with Crippen LogP contribution in [0, 0.1) is 0 Å². The van der Waals surface area contributed by atoms with Crippen LogP contribution >= 0.6 is 0 Å². The molecule has 0 atom stereocenters. The van der Waals surface area contributed by atoms with Crippen molar-refractivity contribution in [3.05, 3.63) is 182 Å². The van der Waals surface area contributed by atoms with Gasteiger partial charge in [0.25, 0.3) is 0 Å². The Morgan fingerprint density at radius 3 is 0.780 bits per heavy atom. The van der Waals surface area contributed by atoms with E-state index in [2.05, 4.69) is 158 Å². The van der Waals surface area contributed by atoms with Crippen molar-refractivity contribution in [2.24, 2.45) is 0 Å². The molecule has 10 aromatic rings. The van der Waals surface area contributed by atoms with Gasteiger partial charge in [-0.3, -0.25) is 0 Å². The third-order valence-electron chi connectivity index (χ3n) is 9.97. The van der Waals surface area contributed by atoms with Gasteiger partial charge in [0.2, 0.25) is 0 Å². The number of furan rings is 2. The van der Waals surface area contributed by atoms with E-state index in [9.17, 15) is 0 Å². The zero-order valence-corrected chi connectivity index (χ0v) is 27.1. The zero-order valence-electron chi connectivity index (χ0n) is 27.1. The lowest BCUT2D eigenvalue weighted by atomic mass is 9.85. The number of rotatable bonds is 5. The van der Waals surface area contributed by atoms with Crippen LogP contribution in [0.1, 0.15) is 0 Å². The minimum Gasteiger partial charge on any atom is -0.455 e.